The van der Waals surface area contributed by atoms with Gasteiger partial charge in [0, 0.05) is 25.2 Å². The zero-order valence-corrected chi connectivity index (χ0v) is 12.0. The normalized spacial score (nSPS) is 40.9. The van der Waals surface area contributed by atoms with E-state index in [4.69, 9.17) is 10.5 Å². The molecule has 2 fully saturated rings. The van der Waals surface area contributed by atoms with E-state index in [1.54, 1.807) is 0 Å². The van der Waals surface area contributed by atoms with Gasteiger partial charge < -0.3 is 10.5 Å². The van der Waals surface area contributed by atoms with Crippen molar-refractivity contribution in [1.29, 1.82) is 0 Å². The molecule has 1 aliphatic carbocycles. The molecular weight excluding hydrogens is 212 g/mol. The first-order valence-electron chi connectivity index (χ1n) is 6.83. The van der Waals surface area contributed by atoms with Crippen LogP contribution in [0.2, 0.25) is 0 Å². The van der Waals surface area contributed by atoms with Crippen molar-refractivity contribution in [3.8, 4) is 0 Å². The third-order valence-corrected chi connectivity index (χ3v) is 4.20. The number of morpholine rings is 1. The smallest absolute Gasteiger partial charge is 0.0761 e. The Balaban J connectivity index is 2.15. The van der Waals surface area contributed by atoms with Gasteiger partial charge in [0.15, 0.2) is 0 Å². The minimum atomic E-state index is -0.0667. The Morgan fingerprint density at radius 1 is 1.12 bits per heavy atom. The van der Waals surface area contributed by atoms with E-state index in [0.717, 1.165) is 25.6 Å². The molecule has 0 aromatic heterocycles. The Hall–Kier alpha value is -0.120. The SMILES string of the molecule is CC1CC(CN)(N2CC(C)(C)OC(C)(C)C2)C1. The molecule has 100 valence electrons. The van der Waals surface area contributed by atoms with Crippen LogP contribution in [0.5, 0.6) is 0 Å². The number of nitrogens with zero attached hydrogens (tertiary/aromatic N) is 1. The Bertz CT molecular complexity index is 277. The van der Waals surface area contributed by atoms with Crippen molar-refractivity contribution in [2.45, 2.75) is 64.2 Å². The molecule has 2 aliphatic rings. The van der Waals surface area contributed by atoms with Crippen LogP contribution in [0.25, 0.3) is 0 Å². The third-order valence-electron chi connectivity index (χ3n) is 4.20. The van der Waals surface area contributed by atoms with Crippen molar-refractivity contribution in [3.63, 3.8) is 0 Å². The highest BCUT2D eigenvalue weighted by atomic mass is 16.5. The third kappa shape index (κ3) is 2.51. The van der Waals surface area contributed by atoms with Crippen LogP contribution in [0.15, 0.2) is 0 Å². The minimum Gasteiger partial charge on any atom is -0.367 e. The van der Waals surface area contributed by atoms with Crippen LogP contribution in [0.1, 0.15) is 47.5 Å². The molecule has 0 amide bonds. The van der Waals surface area contributed by atoms with Crippen molar-refractivity contribution in [2.24, 2.45) is 11.7 Å². The van der Waals surface area contributed by atoms with E-state index in [1.165, 1.54) is 12.8 Å². The van der Waals surface area contributed by atoms with Gasteiger partial charge in [-0.1, -0.05) is 6.92 Å². The first-order chi connectivity index (χ1) is 7.68. The van der Waals surface area contributed by atoms with E-state index < -0.39 is 0 Å². The van der Waals surface area contributed by atoms with Gasteiger partial charge in [-0.2, -0.15) is 0 Å². The summed E-state index contributed by atoms with van der Waals surface area (Å²) in [6, 6.07) is 0. The lowest BCUT2D eigenvalue weighted by Gasteiger charge is -2.59. The van der Waals surface area contributed by atoms with Gasteiger partial charge in [-0.25, -0.2) is 0 Å². The molecule has 0 unspecified atom stereocenters. The van der Waals surface area contributed by atoms with Gasteiger partial charge in [0.25, 0.3) is 0 Å². The van der Waals surface area contributed by atoms with Crippen LogP contribution in [-0.2, 0) is 4.74 Å². The fourth-order valence-electron chi connectivity index (χ4n) is 3.91. The van der Waals surface area contributed by atoms with Gasteiger partial charge in [0.05, 0.1) is 11.2 Å². The quantitative estimate of drug-likeness (QED) is 0.802. The molecule has 3 heteroatoms. The maximum atomic E-state index is 6.14. The molecule has 0 aromatic rings. The summed E-state index contributed by atoms with van der Waals surface area (Å²) in [4.78, 5) is 2.59. The predicted octanol–water partition coefficient (Wildman–Crippen LogP) is 2.00. The van der Waals surface area contributed by atoms with Crippen molar-refractivity contribution in [1.82, 2.24) is 4.90 Å². The second kappa shape index (κ2) is 3.94. The van der Waals surface area contributed by atoms with Gasteiger partial charge >= 0.3 is 0 Å². The van der Waals surface area contributed by atoms with Crippen LogP contribution in [0.4, 0.5) is 0 Å². The van der Waals surface area contributed by atoms with Crippen LogP contribution in [-0.4, -0.2) is 41.3 Å². The van der Waals surface area contributed by atoms with Crippen LogP contribution < -0.4 is 5.73 Å². The molecule has 2 N–H and O–H groups in total. The van der Waals surface area contributed by atoms with Gasteiger partial charge in [0.1, 0.15) is 0 Å². The van der Waals surface area contributed by atoms with Gasteiger partial charge in [0.2, 0.25) is 0 Å². The van der Waals surface area contributed by atoms with E-state index in [2.05, 4.69) is 39.5 Å². The van der Waals surface area contributed by atoms with Crippen LogP contribution in [0.3, 0.4) is 0 Å². The fourth-order valence-corrected chi connectivity index (χ4v) is 3.91. The average molecular weight is 240 g/mol. The molecule has 0 radical (unpaired) electrons. The summed E-state index contributed by atoms with van der Waals surface area (Å²) >= 11 is 0. The molecule has 1 heterocycles. The van der Waals surface area contributed by atoms with Crippen molar-refractivity contribution < 1.29 is 4.74 Å². The molecule has 2 rings (SSSR count). The van der Waals surface area contributed by atoms with E-state index >= 15 is 0 Å². The zero-order chi connectivity index (χ0) is 12.9. The molecular formula is C14H28N2O. The Morgan fingerprint density at radius 3 is 1.94 bits per heavy atom. The zero-order valence-electron chi connectivity index (χ0n) is 12.0. The summed E-state index contributed by atoms with van der Waals surface area (Å²) in [5.41, 5.74) is 6.17. The molecule has 1 saturated heterocycles. The largest absolute Gasteiger partial charge is 0.367 e. The maximum absolute atomic E-state index is 6.14. The molecule has 1 aliphatic heterocycles. The monoisotopic (exact) mass is 240 g/mol. The average Bonchev–Trinajstić information content (AvgIpc) is 2.07. The molecule has 17 heavy (non-hydrogen) atoms. The molecule has 0 atom stereocenters. The summed E-state index contributed by atoms with van der Waals surface area (Å²) < 4.78 is 6.14. The second-order valence-corrected chi connectivity index (χ2v) is 7.42. The van der Waals surface area contributed by atoms with E-state index in [1.807, 2.05) is 0 Å². The number of nitrogens with two attached hydrogens (primary N) is 1. The summed E-state index contributed by atoms with van der Waals surface area (Å²) in [6.45, 7) is 13.9. The lowest BCUT2D eigenvalue weighted by Crippen LogP contribution is -2.69. The number of ether oxygens (including phenoxy) is 1. The van der Waals surface area contributed by atoms with Crippen LogP contribution >= 0.6 is 0 Å². The molecule has 0 bridgehead atoms. The summed E-state index contributed by atoms with van der Waals surface area (Å²) in [5.74, 6) is 0.826. The first kappa shape index (κ1) is 13.3. The van der Waals surface area contributed by atoms with E-state index in [9.17, 15) is 0 Å². The van der Waals surface area contributed by atoms with Crippen LogP contribution in [0, 0.1) is 5.92 Å². The summed E-state index contributed by atoms with van der Waals surface area (Å²) in [5, 5.41) is 0. The highest BCUT2D eigenvalue weighted by molar-refractivity contribution is 5.06. The number of hydrogen-bond donors (Lipinski definition) is 1. The van der Waals surface area contributed by atoms with Gasteiger partial charge in [-0.05, 0) is 46.5 Å². The topological polar surface area (TPSA) is 38.5 Å². The molecule has 0 aromatic carbocycles. The van der Waals surface area contributed by atoms with E-state index in [0.29, 0.717) is 0 Å². The fraction of sp³-hybridized carbons (Fsp3) is 1.00. The Kier molecular flexibility index (Phi) is 3.08. The second-order valence-electron chi connectivity index (χ2n) is 7.42. The van der Waals surface area contributed by atoms with Gasteiger partial charge in [-0.3, -0.25) is 4.90 Å². The molecule has 0 spiro atoms. The van der Waals surface area contributed by atoms with Crippen molar-refractivity contribution in [3.05, 3.63) is 0 Å². The lowest BCUT2D eigenvalue weighted by atomic mass is 9.67. The highest BCUT2D eigenvalue weighted by Gasteiger charge is 2.51. The standard InChI is InChI=1S/C14H28N2O/c1-11-6-14(7-11,8-15)16-9-12(2,3)17-13(4,5)10-16/h11H,6-10,15H2,1-5H3. The highest BCUT2D eigenvalue weighted by Crippen LogP contribution is 2.44. The number of rotatable bonds is 2. The maximum Gasteiger partial charge on any atom is 0.0761 e. The minimum absolute atomic E-state index is 0.0667. The Labute approximate surface area is 106 Å². The lowest BCUT2D eigenvalue weighted by molar-refractivity contribution is -0.211. The van der Waals surface area contributed by atoms with E-state index in [-0.39, 0.29) is 16.7 Å². The van der Waals surface area contributed by atoms with Crippen molar-refractivity contribution >= 4 is 0 Å². The molecule has 3 nitrogen and oxygen atoms in total. The number of hydrogen-bond acceptors (Lipinski definition) is 3. The predicted molar refractivity (Wildman–Crippen MR) is 71.0 cm³/mol. The summed E-state index contributed by atoms with van der Waals surface area (Å²) in [6.07, 6.45) is 2.49. The van der Waals surface area contributed by atoms with Crippen molar-refractivity contribution in [2.75, 3.05) is 19.6 Å². The molecule has 1 saturated carbocycles. The Morgan fingerprint density at radius 2 is 1.59 bits per heavy atom. The first-order valence-corrected chi connectivity index (χ1v) is 6.83. The van der Waals surface area contributed by atoms with Gasteiger partial charge in [-0.15, -0.1) is 0 Å². The summed E-state index contributed by atoms with van der Waals surface area (Å²) in [7, 11) is 0.